The molecule has 1 amide bonds. The maximum atomic E-state index is 12.3. The van der Waals surface area contributed by atoms with Crippen LogP contribution in [0.5, 0.6) is 0 Å². The van der Waals surface area contributed by atoms with Crippen molar-refractivity contribution in [2.75, 3.05) is 13.1 Å². The van der Waals surface area contributed by atoms with Crippen molar-refractivity contribution in [1.29, 1.82) is 0 Å². The minimum atomic E-state index is -0.521. The Labute approximate surface area is 106 Å². The summed E-state index contributed by atoms with van der Waals surface area (Å²) in [5.41, 5.74) is -0.233. The highest BCUT2D eigenvalue weighted by atomic mass is 16.2. The number of likely N-dealkylation sites (tertiary alicyclic amines) is 1. The van der Waals surface area contributed by atoms with Crippen LogP contribution in [-0.4, -0.2) is 33.7 Å². The summed E-state index contributed by atoms with van der Waals surface area (Å²) in [6, 6.07) is 2.49. The van der Waals surface area contributed by atoms with E-state index < -0.39 is 6.04 Å². The predicted molar refractivity (Wildman–Crippen MR) is 68.2 cm³/mol. The Morgan fingerprint density at radius 3 is 2.72 bits per heavy atom. The summed E-state index contributed by atoms with van der Waals surface area (Å²) in [6.45, 7) is 5.50. The molecule has 18 heavy (non-hydrogen) atoms. The van der Waals surface area contributed by atoms with Gasteiger partial charge in [-0.1, -0.05) is 6.92 Å². The first-order valence-electron chi connectivity index (χ1n) is 6.42. The molecule has 1 saturated heterocycles. The van der Waals surface area contributed by atoms with Crippen molar-refractivity contribution in [3.8, 4) is 0 Å². The zero-order chi connectivity index (χ0) is 13.1. The van der Waals surface area contributed by atoms with Crippen LogP contribution in [0.2, 0.25) is 0 Å². The SMILES string of the molecule is CC1CCN(C(=O)C(C)n2ncccc2=O)CC1. The van der Waals surface area contributed by atoms with E-state index in [4.69, 9.17) is 0 Å². The summed E-state index contributed by atoms with van der Waals surface area (Å²) in [4.78, 5) is 25.8. The van der Waals surface area contributed by atoms with E-state index in [2.05, 4.69) is 12.0 Å². The van der Waals surface area contributed by atoms with E-state index in [1.807, 2.05) is 4.90 Å². The van der Waals surface area contributed by atoms with Crippen LogP contribution in [0.4, 0.5) is 0 Å². The van der Waals surface area contributed by atoms with Crippen LogP contribution in [0.15, 0.2) is 23.1 Å². The van der Waals surface area contributed by atoms with Gasteiger partial charge in [0.1, 0.15) is 6.04 Å². The van der Waals surface area contributed by atoms with E-state index in [0.717, 1.165) is 25.9 Å². The second-order valence-electron chi connectivity index (χ2n) is 4.99. The average molecular weight is 249 g/mol. The zero-order valence-electron chi connectivity index (χ0n) is 10.9. The van der Waals surface area contributed by atoms with Crippen molar-refractivity contribution < 1.29 is 4.79 Å². The summed E-state index contributed by atoms with van der Waals surface area (Å²) in [5, 5.41) is 3.97. The lowest BCUT2D eigenvalue weighted by Gasteiger charge is -2.32. The number of hydrogen-bond donors (Lipinski definition) is 0. The molecule has 1 aliphatic rings. The number of nitrogens with zero attached hydrogens (tertiary/aromatic N) is 3. The van der Waals surface area contributed by atoms with Gasteiger partial charge in [-0.2, -0.15) is 5.10 Å². The molecule has 0 saturated carbocycles. The maximum Gasteiger partial charge on any atom is 0.267 e. The Balaban J connectivity index is 2.10. The monoisotopic (exact) mass is 249 g/mol. The third-order valence-electron chi connectivity index (χ3n) is 3.56. The standard InChI is InChI=1S/C13H19N3O2/c1-10-5-8-15(9-6-10)13(18)11(2)16-12(17)4-3-7-14-16/h3-4,7,10-11H,5-6,8-9H2,1-2H3. The minimum absolute atomic E-state index is 0.0114. The molecule has 0 aliphatic carbocycles. The van der Waals surface area contributed by atoms with Gasteiger partial charge in [0.15, 0.2) is 0 Å². The summed E-state index contributed by atoms with van der Waals surface area (Å²) in [5.74, 6) is 0.671. The molecule has 5 nitrogen and oxygen atoms in total. The third-order valence-corrected chi connectivity index (χ3v) is 3.56. The molecule has 0 N–H and O–H groups in total. The molecule has 98 valence electrons. The molecule has 5 heteroatoms. The van der Waals surface area contributed by atoms with Crippen molar-refractivity contribution in [2.45, 2.75) is 32.7 Å². The van der Waals surface area contributed by atoms with Crippen LogP contribution in [-0.2, 0) is 4.79 Å². The predicted octanol–water partition coefficient (Wildman–Crippen LogP) is 1.06. The number of amides is 1. The van der Waals surface area contributed by atoms with Crippen LogP contribution in [0, 0.1) is 5.92 Å². The van der Waals surface area contributed by atoms with Crippen LogP contribution in [0.25, 0.3) is 0 Å². The van der Waals surface area contributed by atoms with Crippen LogP contribution in [0.3, 0.4) is 0 Å². The van der Waals surface area contributed by atoms with Crippen molar-refractivity contribution in [3.63, 3.8) is 0 Å². The third kappa shape index (κ3) is 2.60. The first-order valence-corrected chi connectivity index (χ1v) is 6.42. The normalized spacial score (nSPS) is 18.7. The van der Waals surface area contributed by atoms with Gasteiger partial charge in [-0.25, -0.2) is 4.68 Å². The van der Waals surface area contributed by atoms with E-state index in [0.29, 0.717) is 5.92 Å². The Kier molecular flexibility index (Phi) is 3.79. The first-order chi connectivity index (χ1) is 8.59. The molecule has 2 heterocycles. The Bertz CT molecular complexity index is 475. The van der Waals surface area contributed by atoms with Crippen molar-refractivity contribution >= 4 is 5.91 Å². The summed E-state index contributed by atoms with van der Waals surface area (Å²) >= 11 is 0. The van der Waals surface area contributed by atoms with E-state index in [-0.39, 0.29) is 11.5 Å². The smallest absolute Gasteiger partial charge is 0.267 e. The molecule has 1 aromatic heterocycles. The van der Waals surface area contributed by atoms with E-state index in [1.54, 1.807) is 13.0 Å². The lowest BCUT2D eigenvalue weighted by molar-refractivity contribution is -0.136. The van der Waals surface area contributed by atoms with Gasteiger partial charge < -0.3 is 4.90 Å². The van der Waals surface area contributed by atoms with Gasteiger partial charge in [-0.05, 0) is 31.7 Å². The minimum Gasteiger partial charge on any atom is -0.341 e. The average Bonchev–Trinajstić information content (AvgIpc) is 2.38. The molecule has 1 unspecified atom stereocenters. The number of aromatic nitrogens is 2. The molecule has 0 bridgehead atoms. The fraction of sp³-hybridized carbons (Fsp3) is 0.615. The van der Waals surface area contributed by atoms with Gasteiger partial charge in [-0.15, -0.1) is 0 Å². The van der Waals surface area contributed by atoms with E-state index >= 15 is 0 Å². The highest BCUT2D eigenvalue weighted by Gasteiger charge is 2.26. The Morgan fingerprint density at radius 2 is 2.11 bits per heavy atom. The topological polar surface area (TPSA) is 55.2 Å². The number of piperidine rings is 1. The van der Waals surface area contributed by atoms with Gasteiger partial charge in [0, 0.05) is 25.4 Å². The number of hydrogen-bond acceptors (Lipinski definition) is 3. The quantitative estimate of drug-likeness (QED) is 0.787. The number of carbonyl (C=O) groups is 1. The molecule has 0 aromatic carbocycles. The molecular formula is C13H19N3O2. The van der Waals surface area contributed by atoms with Gasteiger partial charge in [0.05, 0.1) is 0 Å². The fourth-order valence-corrected chi connectivity index (χ4v) is 2.26. The van der Waals surface area contributed by atoms with Crippen LogP contribution in [0.1, 0.15) is 32.7 Å². The molecule has 1 fully saturated rings. The second kappa shape index (κ2) is 5.33. The van der Waals surface area contributed by atoms with Crippen molar-refractivity contribution in [2.24, 2.45) is 5.92 Å². The van der Waals surface area contributed by atoms with Crippen molar-refractivity contribution in [3.05, 3.63) is 28.7 Å². The summed E-state index contributed by atoms with van der Waals surface area (Å²) < 4.78 is 1.25. The molecule has 2 rings (SSSR count). The van der Waals surface area contributed by atoms with Gasteiger partial charge in [0.2, 0.25) is 5.91 Å². The van der Waals surface area contributed by atoms with Gasteiger partial charge in [0.25, 0.3) is 5.56 Å². The molecule has 0 spiro atoms. The number of carbonyl (C=O) groups excluding carboxylic acids is 1. The number of rotatable bonds is 2. The molecule has 1 aliphatic heterocycles. The molecule has 1 atom stereocenters. The van der Waals surface area contributed by atoms with Gasteiger partial charge >= 0.3 is 0 Å². The molecular weight excluding hydrogens is 230 g/mol. The highest BCUT2D eigenvalue weighted by molar-refractivity contribution is 5.80. The lowest BCUT2D eigenvalue weighted by Crippen LogP contribution is -2.43. The zero-order valence-corrected chi connectivity index (χ0v) is 10.9. The van der Waals surface area contributed by atoms with E-state index in [1.165, 1.54) is 16.9 Å². The van der Waals surface area contributed by atoms with Crippen LogP contribution < -0.4 is 5.56 Å². The summed E-state index contributed by atoms with van der Waals surface area (Å²) in [7, 11) is 0. The second-order valence-corrected chi connectivity index (χ2v) is 4.99. The van der Waals surface area contributed by atoms with Crippen LogP contribution >= 0.6 is 0 Å². The van der Waals surface area contributed by atoms with Gasteiger partial charge in [-0.3, -0.25) is 9.59 Å². The molecule has 1 aromatic rings. The Morgan fingerprint density at radius 1 is 1.44 bits per heavy atom. The summed E-state index contributed by atoms with van der Waals surface area (Å²) in [6.07, 6.45) is 3.61. The molecule has 0 radical (unpaired) electrons. The lowest BCUT2D eigenvalue weighted by atomic mass is 9.99. The highest BCUT2D eigenvalue weighted by Crippen LogP contribution is 2.18. The van der Waals surface area contributed by atoms with E-state index in [9.17, 15) is 9.59 Å². The Hall–Kier alpha value is -1.65. The fourth-order valence-electron chi connectivity index (χ4n) is 2.26. The largest absolute Gasteiger partial charge is 0.341 e. The van der Waals surface area contributed by atoms with Crippen molar-refractivity contribution in [1.82, 2.24) is 14.7 Å². The first kappa shape index (κ1) is 12.8. The maximum absolute atomic E-state index is 12.3.